The van der Waals surface area contributed by atoms with E-state index in [0.717, 1.165) is 0 Å². The van der Waals surface area contributed by atoms with Crippen LogP contribution in [-0.2, 0) is 4.79 Å². The quantitative estimate of drug-likeness (QED) is 0.668. The van der Waals surface area contributed by atoms with Crippen LogP contribution in [0.1, 0.15) is 6.42 Å². The summed E-state index contributed by atoms with van der Waals surface area (Å²) in [6.45, 7) is 0. The smallest absolute Gasteiger partial charge is 0.225 e. The van der Waals surface area contributed by atoms with Crippen LogP contribution in [0.15, 0.2) is 41.8 Å². The second-order valence-electron chi connectivity index (χ2n) is 3.78. The number of nitrogens with zero attached hydrogens (tertiary/aromatic N) is 2. The number of carbonyl (C=O) groups is 1. The molecule has 0 bridgehead atoms. The molecule has 2 aromatic rings. The number of anilines is 1. The molecule has 2 rings (SSSR count). The van der Waals surface area contributed by atoms with Crippen LogP contribution in [0.5, 0.6) is 0 Å². The normalized spacial score (nSPS) is 10.3. The summed E-state index contributed by atoms with van der Waals surface area (Å²) >= 11 is 13.3. The first-order valence-electron chi connectivity index (χ1n) is 5.80. The molecule has 20 heavy (non-hydrogen) atoms. The van der Waals surface area contributed by atoms with Crippen molar-refractivity contribution in [2.75, 3.05) is 11.1 Å². The number of benzene rings is 1. The second kappa shape index (κ2) is 7.47. The van der Waals surface area contributed by atoms with Crippen LogP contribution in [0.3, 0.4) is 0 Å². The van der Waals surface area contributed by atoms with E-state index in [1.54, 1.807) is 36.7 Å². The highest BCUT2D eigenvalue weighted by atomic mass is 35.5. The maximum atomic E-state index is 11.8. The predicted molar refractivity (Wildman–Crippen MR) is 82.5 cm³/mol. The molecule has 1 aromatic carbocycles. The molecule has 1 amide bonds. The number of thioether (sulfide) groups is 1. The minimum atomic E-state index is -0.127. The van der Waals surface area contributed by atoms with Crippen LogP contribution in [0, 0.1) is 0 Å². The Morgan fingerprint density at radius 3 is 2.70 bits per heavy atom. The molecule has 0 fully saturated rings. The number of halogens is 2. The Labute approximate surface area is 130 Å². The van der Waals surface area contributed by atoms with Gasteiger partial charge in [-0.05, 0) is 18.2 Å². The summed E-state index contributed by atoms with van der Waals surface area (Å²) in [4.78, 5) is 19.9. The van der Waals surface area contributed by atoms with E-state index in [1.165, 1.54) is 11.8 Å². The van der Waals surface area contributed by atoms with Gasteiger partial charge in [-0.1, -0.05) is 41.0 Å². The summed E-state index contributed by atoms with van der Waals surface area (Å²) in [6.07, 6.45) is 3.67. The van der Waals surface area contributed by atoms with Crippen LogP contribution in [0.4, 0.5) is 5.69 Å². The zero-order valence-corrected chi connectivity index (χ0v) is 12.7. The molecule has 1 heterocycles. The zero-order chi connectivity index (χ0) is 14.4. The second-order valence-corrected chi connectivity index (χ2v) is 5.63. The summed E-state index contributed by atoms with van der Waals surface area (Å²) in [6, 6.07) is 6.86. The molecule has 4 nitrogen and oxygen atoms in total. The van der Waals surface area contributed by atoms with Crippen molar-refractivity contribution in [1.82, 2.24) is 9.97 Å². The Morgan fingerprint density at radius 2 is 1.95 bits per heavy atom. The summed E-state index contributed by atoms with van der Waals surface area (Å²) in [7, 11) is 0. The molecule has 0 unspecified atom stereocenters. The fourth-order valence-electron chi connectivity index (χ4n) is 1.41. The molecule has 0 aliphatic heterocycles. The van der Waals surface area contributed by atoms with Crippen molar-refractivity contribution < 1.29 is 4.79 Å². The lowest BCUT2D eigenvalue weighted by atomic mass is 10.3. The van der Waals surface area contributed by atoms with E-state index in [4.69, 9.17) is 23.2 Å². The first-order valence-corrected chi connectivity index (χ1v) is 7.54. The zero-order valence-electron chi connectivity index (χ0n) is 10.3. The number of hydrogen-bond donors (Lipinski definition) is 1. The number of nitrogens with one attached hydrogen (secondary N) is 1. The van der Waals surface area contributed by atoms with E-state index < -0.39 is 0 Å². The van der Waals surface area contributed by atoms with Gasteiger partial charge in [-0.15, -0.1) is 0 Å². The number of amides is 1. The highest BCUT2D eigenvalue weighted by Gasteiger charge is 2.08. The van der Waals surface area contributed by atoms with Gasteiger partial charge in [0.2, 0.25) is 5.91 Å². The lowest BCUT2D eigenvalue weighted by Crippen LogP contribution is -2.12. The molecule has 1 aromatic heterocycles. The number of hydrogen-bond acceptors (Lipinski definition) is 4. The molecule has 104 valence electrons. The van der Waals surface area contributed by atoms with Crippen molar-refractivity contribution in [3.63, 3.8) is 0 Å². The average Bonchev–Trinajstić information content (AvgIpc) is 2.45. The van der Waals surface area contributed by atoms with E-state index in [0.29, 0.717) is 33.1 Å². The molecule has 0 saturated carbocycles. The van der Waals surface area contributed by atoms with Gasteiger partial charge in [-0.25, -0.2) is 9.97 Å². The molecule has 1 N–H and O–H groups in total. The lowest BCUT2D eigenvalue weighted by Gasteiger charge is -2.07. The lowest BCUT2D eigenvalue weighted by molar-refractivity contribution is -0.115. The number of rotatable bonds is 5. The molecule has 0 aliphatic carbocycles. The predicted octanol–water partition coefficient (Wildman–Crippen LogP) is 3.90. The van der Waals surface area contributed by atoms with Gasteiger partial charge in [0, 0.05) is 24.6 Å². The number of carbonyl (C=O) groups excluding carboxylic acids is 1. The molecule has 0 spiro atoms. The topological polar surface area (TPSA) is 54.9 Å². The monoisotopic (exact) mass is 327 g/mol. The van der Waals surface area contributed by atoms with Gasteiger partial charge in [0.25, 0.3) is 0 Å². The minimum absolute atomic E-state index is 0.127. The van der Waals surface area contributed by atoms with Gasteiger partial charge in [0.05, 0.1) is 15.7 Å². The Kier molecular flexibility index (Phi) is 5.64. The largest absolute Gasteiger partial charge is 0.325 e. The third-order valence-corrected chi connectivity index (χ3v) is 4.02. The highest BCUT2D eigenvalue weighted by molar-refractivity contribution is 7.99. The highest BCUT2D eigenvalue weighted by Crippen LogP contribution is 2.29. The molecular weight excluding hydrogens is 317 g/mol. The Hall–Kier alpha value is -1.30. The van der Waals surface area contributed by atoms with Crippen LogP contribution in [0.2, 0.25) is 10.0 Å². The molecule has 0 aliphatic rings. The minimum Gasteiger partial charge on any atom is -0.325 e. The fraction of sp³-hybridized carbons (Fsp3) is 0.154. The molecule has 7 heteroatoms. The summed E-state index contributed by atoms with van der Waals surface area (Å²) in [5.41, 5.74) is 0.519. The van der Waals surface area contributed by atoms with Gasteiger partial charge in [0.1, 0.15) is 0 Å². The Morgan fingerprint density at radius 1 is 1.20 bits per heavy atom. The van der Waals surface area contributed by atoms with E-state index >= 15 is 0 Å². The van der Waals surface area contributed by atoms with Crippen molar-refractivity contribution >= 4 is 46.6 Å². The Balaban J connectivity index is 1.82. The molecular formula is C13H11Cl2N3OS. The van der Waals surface area contributed by atoms with Gasteiger partial charge < -0.3 is 5.32 Å². The van der Waals surface area contributed by atoms with Crippen molar-refractivity contribution in [3.8, 4) is 0 Å². The van der Waals surface area contributed by atoms with Gasteiger partial charge in [0.15, 0.2) is 5.16 Å². The third-order valence-electron chi connectivity index (χ3n) is 2.33. The maximum Gasteiger partial charge on any atom is 0.225 e. The first kappa shape index (κ1) is 15.1. The maximum absolute atomic E-state index is 11.8. The van der Waals surface area contributed by atoms with Crippen LogP contribution in [-0.4, -0.2) is 21.6 Å². The van der Waals surface area contributed by atoms with E-state index in [9.17, 15) is 4.79 Å². The molecule has 0 radical (unpaired) electrons. The Bertz CT molecular complexity index is 595. The average molecular weight is 328 g/mol. The van der Waals surface area contributed by atoms with Gasteiger partial charge in [-0.2, -0.15) is 0 Å². The van der Waals surface area contributed by atoms with Crippen LogP contribution >= 0.6 is 35.0 Å². The van der Waals surface area contributed by atoms with Gasteiger partial charge in [-0.3, -0.25) is 4.79 Å². The summed E-state index contributed by atoms with van der Waals surface area (Å²) < 4.78 is 0. The summed E-state index contributed by atoms with van der Waals surface area (Å²) in [5.74, 6) is 0.464. The van der Waals surface area contributed by atoms with Crippen molar-refractivity contribution in [2.45, 2.75) is 11.6 Å². The van der Waals surface area contributed by atoms with E-state index in [1.807, 2.05) is 0 Å². The fourth-order valence-corrected chi connectivity index (χ4v) is 2.50. The van der Waals surface area contributed by atoms with Crippen LogP contribution < -0.4 is 5.32 Å². The van der Waals surface area contributed by atoms with E-state index in [2.05, 4.69) is 15.3 Å². The van der Waals surface area contributed by atoms with Gasteiger partial charge >= 0.3 is 0 Å². The molecule has 0 saturated heterocycles. The summed E-state index contributed by atoms with van der Waals surface area (Å²) in [5, 5.41) is 4.14. The van der Waals surface area contributed by atoms with Crippen LogP contribution in [0.25, 0.3) is 0 Å². The molecule has 0 atom stereocenters. The number of aromatic nitrogens is 2. The van der Waals surface area contributed by atoms with Crippen molar-refractivity contribution in [1.29, 1.82) is 0 Å². The van der Waals surface area contributed by atoms with Crippen molar-refractivity contribution in [3.05, 3.63) is 46.7 Å². The van der Waals surface area contributed by atoms with Crippen molar-refractivity contribution in [2.24, 2.45) is 0 Å². The SMILES string of the molecule is O=C(CCSc1ncccn1)Nc1cccc(Cl)c1Cl. The standard InChI is InChI=1S/C13H11Cl2N3OS/c14-9-3-1-4-10(12(9)15)18-11(19)5-8-20-13-16-6-2-7-17-13/h1-4,6-7H,5,8H2,(H,18,19). The third kappa shape index (κ3) is 4.37. The van der Waals surface area contributed by atoms with E-state index in [-0.39, 0.29) is 5.91 Å². The first-order chi connectivity index (χ1) is 9.66.